The summed E-state index contributed by atoms with van der Waals surface area (Å²) in [5, 5.41) is 0. The van der Waals surface area contributed by atoms with Crippen molar-refractivity contribution in [2.75, 3.05) is 13.0 Å². The van der Waals surface area contributed by atoms with Crippen molar-refractivity contribution in [3.05, 3.63) is 0 Å². The zero-order valence-corrected chi connectivity index (χ0v) is 4.36. The molecule has 8 heavy (non-hydrogen) atoms. The van der Waals surface area contributed by atoms with Gasteiger partial charge in [-0.1, -0.05) is 0 Å². The van der Waals surface area contributed by atoms with E-state index < -0.39 is 31.6 Å². The molecule has 1 heterocycles. The van der Waals surface area contributed by atoms with Crippen LogP contribution in [-0.2, 0) is 4.79 Å². The maximum atomic E-state index is 11.2. The zero-order valence-electron chi connectivity index (χ0n) is 12.4. The first-order valence-electron chi connectivity index (χ1n) is 6.12. The van der Waals surface area contributed by atoms with Crippen molar-refractivity contribution < 1.29 is 15.8 Å². The Morgan fingerprint density at radius 2 is 2.12 bits per heavy atom. The van der Waals surface area contributed by atoms with Crippen LogP contribution in [0, 0.1) is 0 Å². The monoisotopic (exact) mass is 121 g/mol. The Labute approximate surface area is 60.7 Å². The molecule has 2 nitrogen and oxygen atoms in total. The fourth-order valence-electron chi connectivity index (χ4n) is 0.353. The van der Waals surface area contributed by atoms with Crippen molar-refractivity contribution in [1.29, 1.82) is 0 Å². The van der Waals surface area contributed by atoms with Gasteiger partial charge in [-0.05, 0) is 12.7 Å². The molecule has 0 aliphatic carbocycles. The zero-order chi connectivity index (χ0) is 13.2. The van der Waals surface area contributed by atoms with Gasteiger partial charge in [-0.15, -0.1) is 0 Å². The maximum absolute atomic E-state index is 11.2. The van der Waals surface area contributed by atoms with Gasteiger partial charge in [0, 0.05) is 30.9 Å². The molecule has 0 N–H and O–H groups in total. The number of hydrogen-bond donors (Lipinski definition) is 0. The normalized spacial score (nSPS) is 59.4. The second kappa shape index (κ2) is 2.16. The molecule has 1 fully saturated rings. The van der Waals surface area contributed by atoms with Crippen molar-refractivity contribution >= 4 is 5.91 Å². The second-order valence-corrected chi connectivity index (χ2v) is 1.33. The van der Waals surface area contributed by atoms with E-state index in [2.05, 4.69) is 0 Å². The van der Waals surface area contributed by atoms with Crippen LogP contribution >= 0.6 is 0 Å². The van der Waals surface area contributed by atoms with Gasteiger partial charge in [-0.2, -0.15) is 0 Å². The molecule has 1 amide bonds. The van der Waals surface area contributed by atoms with Gasteiger partial charge in [-0.25, -0.2) is 0 Å². The van der Waals surface area contributed by atoms with E-state index in [1.54, 1.807) is 0 Å². The molecule has 0 unspecified atom stereocenters. The second-order valence-electron chi connectivity index (χ2n) is 1.33. The molecule has 0 saturated carbocycles. The highest BCUT2D eigenvalue weighted by Crippen LogP contribution is 2.05. The van der Waals surface area contributed by atoms with Gasteiger partial charge in [0.2, 0.25) is 5.91 Å². The molecule has 0 aromatic carbocycles. The lowest BCUT2D eigenvalue weighted by atomic mass is 10.4. The number of carbonyl (C=O) groups excluding carboxylic acids is 1. The summed E-state index contributed by atoms with van der Waals surface area (Å²) in [6.45, 7) is -5.20. The van der Waals surface area contributed by atoms with Crippen molar-refractivity contribution in [1.82, 2.24) is 4.90 Å². The molecule has 1 saturated heterocycles. The summed E-state index contributed by atoms with van der Waals surface area (Å²) in [5.41, 5.74) is 0. The number of rotatable bonds is 0. The lowest BCUT2D eigenvalue weighted by Crippen LogP contribution is -2.24. The summed E-state index contributed by atoms with van der Waals surface area (Å²) < 4.78 is 59.0. The Morgan fingerprint density at radius 1 is 1.62 bits per heavy atom. The van der Waals surface area contributed by atoms with E-state index in [0.29, 0.717) is 0 Å². The van der Waals surface area contributed by atoms with Crippen LogP contribution in [0.15, 0.2) is 0 Å². The third-order valence-electron chi connectivity index (χ3n) is 0.713. The van der Waals surface area contributed by atoms with E-state index in [4.69, 9.17) is 11.0 Å². The Morgan fingerprint density at radius 3 is 2.38 bits per heavy atom. The summed E-state index contributed by atoms with van der Waals surface area (Å²) in [7, 11) is 0. The fourth-order valence-corrected chi connectivity index (χ4v) is 0.353. The average molecular weight is 121 g/mol. The van der Waals surface area contributed by atoms with E-state index in [0.717, 1.165) is 6.92 Å². The highest BCUT2D eigenvalue weighted by molar-refractivity contribution is 5.73. The van der Waals surface area contributed by atoms with E-state index >= 15 is 0 Å². The van der Waals surface area contributed by atoms with Crippen LogP contribution in [0.5, 0.6) is 0 Å². The topological polar surface area (TPSA) is 20.3 Å². The molecule has 0 atom stereocenters. The summed E-state index contributed by atoms with van der Waals surface area (Å²) in [5.74, 6) is -1.06. The Balaban J connectivity index is 3.51. The van der Waals surface area contributed by atoms with Gasteiger partial charge in [-0.3, -0.25) is 4.79 Å². The molecule has 0 spiro atoms. The van der Waals surface area contributed by atoms with Crippen LogP contribution in [0.1, 0.15) is 30.6 Å². The lowest BCUT2D eigenvalue weighted by molar-refractivity contribution is -0.127. The Bertz CT molecular complexity index is 311. The largest absolute Gasteiger partial charge is 0.343 e. The highest BCUT2D eigenvalue weighted by atomic mass is 16.2. The SMILES string of the molecule is [2H]C1([2H])N(C(C)=O)C([2H])([2H])C([2H])([2H])C1([2H])[2H]. The summed E-state index contributed by atoms with van der Waals surface area (Å²) in [6, 6.07) is 0. The smallest absolute Gasteiger partial charge is 0.219 e. The first-order valence-corrected chi connectivity index (χ1v) is 2.12. The molecule has 2 heteroatoms. The van der Waals surface area contributed by atoms with Gasteiger partial charge in [0.15, 0.2) is 0 Å². The van der Waals surface area contributed by atoms with Crippen LogP contribution in [-0.4, -0.2) is 23.8 Å². The Kier molecular flexibility index (Phi) is 0.353. The third kappa shape index (κ3) is 0.997. The number of likely N-dealkylation sites (tertiary alicyclic amines) is 1. The molecule has 1 aliphatic heterocycles. The summed E-state index contributed by atoms with van der Waals surface area (Å²) in [4.78, 5) is 11.2. The molecular formula is C6H11NO. The highest BCUT2D eigenvalue weighted by Gasteiger charge is 2.12. The van der Waals surface area contributed by atoms with Crippen LogP contribution in [0.4, 0.5) is 0 Å². The minimum Gasteiger partial charge on any atom is -0.343 e. The van der Waals surface area contributed by atoms with E-state index in [9.17, 15) is 4.79 Å². The maximum Gasteiger partial charge on any atom is 0.219 e. The Hall–Kier alpha value is -0.530. The molecule has 1 aliphatic rings. The molecular weight excluding hydrogens is 102 g/mol. The van der Waals surface area contributed by atoms with Gasteiger partial charge in [0.25, 0.3) is 0 Å². The van der Waals surface area contributed by atoms with Gasteiger partial charge < -0.3 is 4.90 Å². The molecule has 0 aromatic heterocycles. The quantitative estimate of drug-likeness (QED) is 0.460. The third-order valence-corrected chi connectivity index (χ3v) is 0.713. The lowest BCUT2D eigenvalue weighted by Gasteiger charge is -2.10. The fraction of sp³-hybridized carbons (Fsp3) is 0.833. The van der Waals surface area contributed by atoms with E-state index in [1.165, 1.54) is 0 Å². The molecule has 1 rings (SSSR count). The van der Waals surface area contributed by atoms with Crippen molar-refractivity contribution in [3.63, 3.8) is 0 Å². The average Bonchev–Trinajstić information content (AvgIpc) is 2.05. The first-order chi connectivity index (χ1) is 6.82. The number of carbonyl (C=O) groups is 1. The first kappa shape index (κ1) is 1.31. The van der Waals surface area contributed by atoms with Crippen LogP contribution in [0.2, 0.25) is 0 Å². The van der Waals surface area contributed by atoms with Crippen molar-refractivity contribution in [2.24, 2.45) is 0 Å². The van der Waals surface area contributed by atoms with Gasteiger partial charge >= 0.3 is 0 Å². The minimum atomic E-state index is -3.13. The van der Waals surface area contributed by atoms with Gasteiger partial charge in [0.1, 0.15) is 0 Å². The number of hydrogen-bond acceptors (Lipinski definition) is 1. The van der Waals surface area contributed by atoms with Crippen molar-refractivity contribution in [2.45, 2.75) is 19.7 Å². The van der Waals surface area contributed by atoms with E-state index in [-0.39, 0.29) is 4.90 Å². The molecule has 0 bridgehead atoms. The summed E-state index contributed by atoms with van der Waals surface area (Å²) in [6.07, 6.45) is -6.26. The standard InChI is InChI=1S/C6H11NO/c1-6(8)7-4-2-3-5-7/h2-5H2,1H3/i2D2,3D2,4D2,5D2. The van der Waals surface area contributed by atoms with Gasteiger partial charge in [0.05, 0.1) is 0 Å². The van der Waals surface area contributed by atoms with Crippen LogP contribution in [0.3, 0.4) is 0 Å². The molecule has 0 aromatic rings. The predicted molar refractivity (Wildman–Crippen MR) is 31.5 cm³/mol. The molecule has 46 valence electrons. The minimum absolute atomic E-state index is 0.0139. The van der Waals surface area contributed by atoms with Crippen LogP contribution in [0.25, 0.3) is 0 Å². The van der Waals surface area contributed by atoms with Crippen LogP contribution < -0.4 is 0 Å². The number of amides is 1. The predicted octanol–water partition coefficient (Wildman–Crippen LogP) is 0.629. The van der Waals surface area contributed by atoms with E-state index in [1.807, 2.05) is 0 Å². The number of nitrogens with zero attached hydrogens (tertiary/aromatic N) is 1. The molecule has 0 radical (unpaired) electrons. The summed E-state index contributed by atoms with van der Waals surface area (Å²) >= 11 is 0. The van der Waals surface area contributed by atoms with Crippen molar-refractivity contribution in [3.8, 4) is 0 Å².